The SMILES string of the molecule is CCCCCCOC(=O)NC(=N)c1ccc(NCc2nc3cc(C(=O)N(CCC(=O)OCCOC(=O)[C@H](Cc4ccccc4)NC(=O)OC(C)(C)C)c4ccccn4)ccc3n2C)cc1. The van der Waals surface area contributed by atoms with Gasteiger partial charge in [-0.05, 0) is 87.4 Å². The van der Waals surface area contributed by atoms with Crippen molar-refractivity contribution < 1.29 is 42.9 Å². The minimum absolute atomic E-state index is 0.0552. The first-order valence-electron chi connectivity index (χ1n) is 21.6. The number of carbonyl (C=O) groups is 5. The third-order valence-electron chi connectivity index (χ3n) is 9.86. The first-order chi connectivity index (χ1) is 31.2. The second-order valence-corrected chi connectivity index (χ2v) is 16.1. The molecule has 0 radical (unpaired) electrons. The van der Waals surface area contributed by atoms with Crippen LogP contribution in [0.4, 0.5) is 21.1 Å². The molecular formula is C48H58N8O9. The number of nitrogens with one attached hydrogen (secondary N) is 4. The lowest BCUT2D eigenvalue weighted by Gasteiger charge is -2.23. The zero-order valence-corrected chi connectivity index (χ0v) is 37.6. The zero-order valence-electron chi connectivity index (χ0n) is 37.6. The Morgan fingerprint density at radius 2 is 1.54 bits per heavy atom. The van der Waals surface area contributed by atoms with Crippen LogP contribution in [0, 0.1) is 5.41 Å². The fourth-order valence-corrected chi connectivity index (χ4v) is 6.54. The van der Waals surface area contributed by atoms with E-state index in [2.05, 4.69) is 27.9 Å². The molecule has 1 atom stereocenters. The van der Waals surface area contributed by atoms with E-state index in [1.54, 1.807) is 81.6 Å². The third-order valence-corrected chi connectivity index (χ3v) is 9.86. The number of benzene rings is 3. The molecule has 2 aromatic heterocycles. The Morgan fingerprint density at radius 3 is 2.25 bits per heavy atom. The van der Waals surface area contributed by atoms with Crippen LogP contribution >= 0.6 is 0 Å². The Hall–Kier alpha value is -7.30. The summed E-state index contributed by atoms with van der Waals surface area (Å²) in [5.41, 5.74) is 3.03. The quantitative estimate of drug-likeness (QED) is 0.0186. The molecule has 344 valence electrons. The van der Waals surface area contributed by atoms with E-state index in [-0.39, 0.29) is 38.4 Å². The van der Waals surface area contributed by atoms with Gasteiger partial charge in [-0.15, -0.1) is 0 Å². The van der Waals surface area contributed by atoms with E-state index < -0.39 is 41.7 Å². The number of fused-ring (bicyclic) bond motifs is 1. The van der Waals surface area contributed by atoms with E-state index in [0.717, 1.165) is 42.5 Å². The Kier molecular flexibility index (Phi) is 18.0. The fourth-order valence-electron chi connectivity index (χ4n) is 6.54. The molecule has 2 heterocycles. The van der Waals surface area contributed by atoms with Gasteiger partial charge in [-0.3, -0.25) is 25.2 Å². The number of rotatable bonds is 21. The molecule has 0 saturated heterocycles. The highest BCUT2D eigenvalue weighted by Crippen LogP contribution is 2.22. The van der Waals surface area contributed by atoms with Gasteiger partial charge in [0.15, 0.2) is 0 Å². The number of carbonyl (C=O) groups excluding carboxylic acids is 5. The topological polar surface area (TPSA) is 216 Å². The van der Waals surface area contributed by atoms with E-state index in [1.807, 2.05) is 48.0 Å². The van der Waals surface area contributed by atoms with Crippen LogP contribution in [0.5, 0.6) is 0 Å². The molecule has 17 nitrogen and oxygen atoms in total. The number of ether oxygens (including phenoxy) is 4. The number of imidazole rings is 1. The van der Waals surface area contributed by atoms with Crippen LogP contribution in [0.2, 0.25) is 0 Å². The van der Waals surface area contributed by atoms with Crippen molar-refractivity contribution >= 4 is 58.4 Å². The van der Waals surface area contributed by atoms with Crippen LogP contribution in [0.3, 0.4) is 0 Å². The average Bonchev–Trinajstić information content (AvgIpc) is 3.60. The fraction of sp³-hybridized carbons (Fsp3) is 0.375. The van der Waals surface area contributed by atoms with Gasteiger partial charge in [0.2, 0.25) is 0 Å². The smallest absolute Gasteiger partial charge is 0.412 e. The van der Waals surface area contributed by atoms with Crippen molar-refractivity contribution in [3.05, 3.63) is 120 Å². The number of amidine groups is 1. The predicted octanol–water partition coefficient (Wildman–Crippen LogP) is 7.47. The van der Waals surface area contributed by atoms with Gasteiger partial charge in [0.25, 0.3) is 5.91 Å². The van der Waals surface area contributed by atoms with Crippen molar-refractivity contribution in [2.45, 2.75) is 84.4 Å². The van der Waals surface area contributed by atoms with Crippen LogP contribution < -0.4 is 20.9 Å². The summed E-state index contributed by atoms with van der Waals surface area (Å²) in [6.07, 6.45) is 4.06. The molecule has 0 bridgehead atoms. The second-order valence-electron chi connectivity index (χ2n) is 16.1. The normalized spacial score (nSPS) is 11.5. The lowest BCUT2D eigenvalue weighted by atomic mass is 10.1. The van der Waals surface area contributed by atoms with Crippen LogP contribution in [-0.4, -0.2) is 88.4 Å². The van der Waals surface area contributed by atoms with Gasteiger partial charge >= 0.3 is 24.1 Å². The standard InChI is InChI=1S/C48H58N8O9/c1-6-7-8-14-27-64-46(60)54-43(49)34-18-21-36(22-19-34)51-32-41-52-37-31-35(20-23-39(37)55(41)5)44(58)56(40-17-12-13-25-50-40)26-24-42(57)62-28-29-63-45(59)38(30-33-15-10-9-11-16-33)53-47(61)65-48(2,3)4/h9-13,15-23,25,31,38,51H,6-8,14,24,26-30,32H2,1-5H3,(H,53,61)(H2,49,54,60)/t38-/m0/s1. The summed E-state index contributed by atoms with van der Waals surface area (Å²) in [5.74, 6) is -0.776. The van der Waals surface area contributed by atoms with Crippen LogP contribution in [0.1, 0.15) is 87.1 Å². The van der Waals surface area contributed by atoms with E-state index in [0.29, 0.717) is 41.4 Å². The van der Waals surface area contributed by atoms with E-state index in [9.17, 15) is 24.0 Å². The number of amides is 3. The summed E-state index contributed by atoms with van der Waals surface area (Å²) in [7, 11) is 1.88. The highest BCUT2D eigenvalue weighted by atomic mass is 16.6. The molecule has 0 saturated carbocycles. The van der Waals surface area contributed by atoms with Crippen molar-refractivity contribution in [1.29, 1.82) is 5.41 Å². The molecular weight excluding hydrogens is 833 g/mol. The average molecular weight is 891 g/mol. The van der Waals surface area contributed by atoms with Crippen molar-refractivity contribution in [1.82, 2.24) is 25.2 Å². The summed E-state index contributed by atoms with van der Waals surface area (Å²) in [6, 6.07) is 25.4. The molecule has 17 heteroatoms. The molecule has 0 aliphatic heterocycles. The molecule has 5 aromatic rings. The van der Waals surface area contributed by atoms with Gasteiger partial charge in [-0.1, -0.05) is 62.6 Å². The number of pyridine rings is 1. The van der Waals surface area contributed by atoms with Gasteiger partial charge in [-0.25, -0.2) is 24.4 Å². The lowest BCUT2D eigenvalue weighted by Crippen LogP contribution is -2.45. The van der Waals surface area contributed by atoms with E-state index in [1.165, 1.54) is 4.90 Å². The highest BCUT2D eigenvalue weighted by Gasteiger charge is 2.27. The van der Waals surface area contributed by atoms with Gasteiger partial charge in [0, 0.05) is 43.0 Å². The molecule has 4 N–H and O–H groups in total. The van der Waals surface area contributed by atoms with E-state index in [4.69, 9.17) is 29.3 Å². The monoisotopic (exact) mass is 890 g/mol. The summed E-state index contributed by atoms with van der Waals surface area (Å²) in [5, 5.41) is 16.6. The van der Waals surface area contributed by atoms with Gasteiger partial charge < -0.3 is 34.1 Å². The molecule has 0 aliphatic rings. The lowest BCUT2D eigenvalue weighted by molar-refractivity contribution is -0.153. The zero-order chi connectivity index (χ0) is 46.8. The molecule has 65 heavy (non-hydrogen) atoms. The van der Waals surface area contributed by atoms with Gasteiger partial charge in [0.05, 0.1) is 30.6 Å². The number of alkyl carbamates (subject to hydrolysis) is 2. The maximum absolute atomic E-state index is 14.0. The minimum Gasteiger partial charge on any atom is -0.462 e. The summed E-state index contributed by atoms with van der Waals surface area (Å²) in [6.45, 7) is 7.36. The number of nitrogens with zero attached hydrogens (tertiary/aromatic N) is 4. The second kappa shape index (κ2) is 24.0. The van der Waals surface area contributed by atoms with Crippen molar-refractivity contribution in [3.8, 4) is 0 Å². The molecule has 3 amide bonds. The largest absolute Gasteiger partial charge is 0.462 e. The first kappa shape index (κ1) is 48.7. The van der Waals surface area contributed by atoms with Gasteiger partial charge in [-0.2, -0.15) is 0 Å². The summed E-state index contributed by atoms with van der Waals surface area (Å²) >= 11 is 0. The number of unbranched alkanes of at least 4 members (excludes halogenated alkanes) is 3. The van der Waals surface area contributed by atoms with Crippen LogP contribution in [0.25, 0.3) is 11.0 Å². The molecule has 0 spiro atoms. The molecule has 0 fully saturated rings. The van der Waals surface area contributed by atoms with Crippen LogP contribution in [-0.2, 0) is 48.5 Å². The third kappa shape index (κ3) is 15.5. The van der Waals surface area contributed by atoms with Crippen molar-refractivity contribution in [3.63, 3.8) is 0 Å². The van der Waals surface area contributed by atoms with E-state index >= 15 is 0 Å². The number of anilines is 2. The van der Waals surface area contributed by atoms with Gasteiger partial charge in [0.1, 0.15) is 42.3 Å². The molecule has 3 aromatic carbocycles. The number of aryl methyl sites for hydroxylation is 1. The summed E-state index contributed by atoms with van der Waals surface area (Å²) < 4.78 is 23.2. The van der Waals surface area contributed by atoms with Crippen LogP contribution in [0.15, 0.2) is 97.2 Å². The Labute approximate surface area is 378 Å². The predicted molar refractivity (Wildman–Crippen MR) is 246 cm³/mol. The number of esters is 2. The van der Waals surface area contributed by atoms with Crippen molar-refractivity contribution in [2.24, 2.45) is 7.05 Å². The maximum atomic E-state index is 14.0. The number of aromatic nitrogens is 3. The number of hydrogen-bond donors (Lipinski definition) is 4. The first-order valence-corrected chi connectivity index (χ1v) is 21.6. The van der Waals surface area contributed by atoms with Crippen molar-refractivity contribution in [2.75, 3.05) is 36.6 Å². The Morgan fingerprint density at radius 1 is 0.815 bits per heavy atom. The Balaban J connectivity index is 1.14. The molecule has 0 aliphatic carbocycles. The Bertz CT molecular complexity index is 2380. The molecule has 0 unspecified atom stereocenters. The summed E-state index contributed by atoms with van der Waals surface area (Å²) in [4.78, 5) is 75.1. The minimum atomic E-state index is -1.05. The highest BCUT2D eigenvalue weighted by molar-refractivity contribution is 6.07. The maximum Gasteiger partial charge on any atom is 0.412 e. The number of hydrogen-bond acceptors (Lipinski definition) is 13. The molecule has 5 rings (SSSR count).